The molecule has 0 radical (unpaired) electrons. The number of hydrogen-bond donors (Lipinski definition) is 1. The van der Waals surface area contributed by atoms with Gasteiger partial charge in [-0.25, -0.2) is 0 Å². The molecule has 2 atom stereocenters. The van der Waals surface area contributed by atoms with Crippen LogP contribution >= 0.6 is 27.3 Å². The normalized spacial score (nSPS) is 24.9. The van der Waals surface area contributed by atoms with Crippen molar-refractivity contribution in [3.05, 3.63) is 20.8 Å². The standard InChI is InChI=1S/C11H14BrNO2S/c12-8-3-4-16-11(8)5-9(14)10-2-1-7(6-13)15-10/h3-4,7,10H,1-2,5-6,13H2. The maximum absolute atomic E-state index is 11.9. The Balaban J connectivity index is 1.92. The van der Waals surface area contributed by atoms with Gasteiger partial charge in [-0.15, -0.1) is 11.3 Å². The van der Waals surface area contributed by atoms with Gasteiger partial charge in [0.2, 0.25) is 0 Å². The second kappa shape index (κ2) is 5.40. The fourth-order valence-corrected chi connectivity index (χ4v) is 3.34. The van der Waals surface area contributed by atoms with Gasteiger partial charge in [-0.3, -0.25) is 4.79 Å². The summed E-state index contributed by atoms with van der Waals surface area (Å²) in [6.07, 6.45) is 1.99. The summed E-state index contributed by atoms with van der Waals surface area (Å²) < 4.78 is 6.59. The highest BCUT2D eigenvalue weighted by Gasteiger charge is 2.29. The summed E-state index contributed by atoms with van der Waals surface area (Å²) >= 11 is 5.02. The summed E-state index contributed by atoms with van der Waals surface area (Å²) in [5, 5.41) is 1.98. The van der Waals surface area contributed by atoms with Crippen molar-refractivity contribution in [1.29, 1.82) is 0 Å². The topological polar surface area (TPSA) is 52.3 Å². The highest BCUT2D eigenvalue weighted by atomic mass is 79.9. The molecule has 1 aromatic heterocycles. The molecule has 5 heteroatoms. The Labute approximate surface area is 107 Å². The van der Waals surface area contributed by atoms with Crippen LogP contribution in [0.4, 0.5) is 0 Å². The van der Waals surface area contributed by atoms with Crippen LogP contribution in [0.15, 0.2) is 15.9 Å². The van der Waals surface area contributed by atoms with Gasteiger partial charge in [0.05, 0.1) is 6.10 Å². The lowest BCUT2D eigenvalue weighted by Gasteiger charge is -2.10. The summed E-state index contributed by atoms with van der Waals surface area (Å²) in [5.41, 5.74) is 5.51. The Hall–Kier alpha value is -0.230. The van der Waals surface area contributed by atoms with Crippen LogP contribution in [0.25, 0.3) is 0 Å². The maximum atomic E-state index is 11.9. The zero-order valence-electron chi connectivity index (χ0n) is 8.82. The highest BCUT2D eigenvalue weighted by Crippen LogP contribution is 2.26. The van der Waals surface area contributed by atoms with Crippen LogP contribution in [0, 0.1) is 0 Å². The molecule has 0 aromatic carbocycles. The van der Waals surface area contributed by atoms with Gasteiger partial charge in [0.1, 0.15) is 6.10 Å². The summed E-state index contributed by atoms with van der Waals surface area (Å²) in [6.45, 7) is 0.506. The average molecular weight is 304 g/mol. The van der Waals surface area contributed by atoms with Crippen LogP contribution in [-0.2, 0) is 16.0 Å². The number of halogens is 1. The molecule has 1 aliphatic rings. The number of ether oxygens (including phenoxy) is 1. The van der Waals surface area contributed by atoms with E-state index in [9.17, 15) is 4.79 Å². The van der Waals surface area contributed by atoms with Crippen molar-refractivity contribution in [3.63, 3.8) is 0 Å². The molecular weight excluding hydrogens is 290 g/mol. The molecule has 2 unspecified atom stereocenters. The number of thiophene rings is 1. The van der Waals surface area contributed by atoms with E-state index in [0.29, 0.717) is 13.0 Å². The average Bonchev–Trinajstić information content (AvgIpc) is 2.88. The largest absolute Gasteiger partial charge is 0.366 e. The highest BCUT2D eigenvalue weighted by molar-refractivity contribution is 9.10. The predicted octanol–water partition coefficient (Wildman–Crippen LogP) is 2.13. The zero-order chi connectivity index (χ0) is 11.5. The lowest BCUT2D eigenvalue weighted by Crippen LogP contribution is -2.26. The van der Waals surface area contributed by atoms with Gasteiger partial charge < -0.3 is 10.5 Å². The molecule has 0 spiro atoms. The first-order valence-electron chi connectivity index (χ1n) is 5.31. The molecule has 1 aromatic rings. The third-order valence-electron chi connectivity index (χ3n) is 2.76. The van der Waals surface area contributed by atoms with Crippen LogP contribution in [0.3, 0.4) is 0 Å². The van der Waals surface area contributed by atoms with Crippen molar-refractivity contribution < 1.29 is 9.53 Å². The second-order valence-electron chi connectivity index (χ2n) is 3.89. The molecule has 16 heavy (non-hydrogen) atoms. The van der Waals surface area contributed by atoms with Crippen molar-refractivity contribution in [2.45, 2.75) is 31.5 Å². The van der Waals surface area contributed by atoms with E-state index in [-0.39, 0.29) is 18.0 Å². The van der Waals surface area contributed by atoms with Crippen molar-refractivity contribution in [2.75, 3.05) is 6.54 Å². The van der Waals surface area contributed by atoms with Gasteiger partial charge in [0.15, 0.2) is 5.78 Å². The third-order valence-corrected chi connectivity index (χ3v) is 4.68. The van der Waals surface area contributed by atoms with Gasteiger partial charge in [-0.05, 0) is 40.2 Å². The SMILES string of the molecule is NCC1CCC(C(=O)Cc2sccc2Br)O1. The van der Waals surface area contributed by atoms with Gasteiger partial charge in [0.25, 0.3) is 0 Å². The summed E-state index contributed by atoms with van der Waals surface area (Å²) in [6, 6.07) is 1.96. The van der Waals surface area contributed by atoms with E-state index in [0.717, 1.165) is 22.2 Å². The predicted molar refractivity (Wildman–Crippen MR) is 67.7 cm³/mol. The van der Waals surface area contributed by atoms with E-state index >= 15 is 0 Å². The quantitative estimate of drug-likeness (QED) is 0.927. The van der Waals surface area contributed by atoms with Gasteiger partial charge in [-0.2, -0.15) is 0 Å². The van der Waals surface area contributed by atoms with Crippen molar-refractivity contribution in [1.82, 2.24) is 0 Å². The molecule has 0 saturated carbocycles. The van der Waals surface area contributed by atoms with E-state index in [1.807, 2.05) is 11.4 Å². The number of ketones is 1. The third kappa shape index (κ3) is 2.71. The van der Waals surface area contributed by atoms with Crippen molar-refractivity contribution in [2.24, 2.45) is 5.73 Å². The Morgan fingerprint density at radius 3 is 3.00 bits per heavy atom. The van der Waals surface area contributed by atoms with Gasteiger partial charge in [0, 0.05) is 22.3 Å². The minimum absolute atomic E-state index is 0.0701. The van der Waals surface area contributed by atoms with E-state index < -0.39 is 0 Å². The first-order chi connectivity index (χ1) is 7.70. The van der Waals surface area contributed by atoms with Crippen LogP contribution < -0.4 is 5.73 Å². The molecule has 3 nitrogen and oxygen atoms in total. The number of rotatable bonds is 4. The van der Waals surface area contributed by atoms with Crippen molar-refractivity contribution in [3.8, 4) is 0 Å². The summed E-state index contributed by atoms with van der Waals surface area (Å²) in [7, 11) is 0. The lowest BCUT2D eigenvalue weighted by molar-refractivity contribution is -0.128. The molecular formula is C11H14BrNO2S. The minimum Gasteiger partial charge on any atom is -0.366 e. The van der Waals surface area contributed by atoms with Gasteiger partial charge in [-0.1, -0.05) is 0 Å². The minimum atomic E-state index is -0.248. The molecule has 2 heterocycles. The molecule has 2 N–H and O–H groups in total. The van der Waals surface area contributed by atoms with E-state index in [4.69, 9.17) is 10.5 Å². The number of carbonyl (C=O) groups excluding carboxylic acids is 1. The molecule has 1 fully saturated rings. The summed E-state index contributed by atoms with van der Waals surface area (Å²) in [5.74, 6) is 0.166. The molecule has 0 amide bonds. The Bertz CT molecular complexity index is 380. The molecule has 88 valence electrons. The second-order valence-corrected chi connectivity index (χ2v) is 5.75. The smallest absolute Gasteiger partial charge is 0.166 e. The first kappa shape index (κ1) is 12.2. The fraction of sp³-hybridized carbons (Fsp3) is 0.545. The molecule has 1 saturated heterocycles. The van der Waals surface area contributed by atoms with Crippen LogP contribution in [0.2, 0.25) is 0 Å². The number of carbonyl (C=O) groups is 1. The maximum Gasteiger partial charge on any atom is 0.166 e. The Morgan fingerprint density at radius 1 is 1.62 bits per heavy atom. The first-order valence-corrected chi connectivity index (χ1v) is 6.98. The van der Waals surface area contributed by atoms with Gasteiger partial charge >= 0.3 is 0 Å². The molecule has 1 aliphatic heterocycles. The Kier molecular flexibility index (Phi) is 4.13. The molecule has 0 aliphatic carbocycles. The van der Waals surface area contributed by atoms with E-state index in [1.54, 1.807) is 11.3 Å². The fourth-order valence-electron chi connectivity index (χ4n) is 1.84. The monoisotopic (exact) mass is 303 g/mol. The summed E-state index contributed by atoms with van der Waals surface area (Å²) in [4.78, 5) is 13.0. The van der Waals surface area contributed by atoms with E-state index in [1.165, 1.54) is 0 Å². The lowest BCUT2D eigenvalue weighted by atomic mass is 10.1. The Morgan fingerprint density at radius 2 is 2.44 bits per heavy atom. The molecule has 2 rings (SSSR count). The van der Waals surface area contributed by atoms with Crippen LogP contribution in [0.5, 0.6) is 0 Å². The number of hydrogen-bond acceptors (Lipinski definition) is 4. The van der Waals surface area contributed by atoms with Crippen LogP contribution in [0.1, 0.15) is 17.7 Å². The zero-order valence-corrected chi connectivity index (χ0v) is 11.2. The number of Topliss-reactive ketones (excluding diaryl/α,β-unsaturated/α-hetero) is 1. The molecule has 0 bridgehead atoms. The van der Waals surface area contributed by atoms with Crippen molar-refractivity contribution >= 4 is 33.0 Å². The number of nitrogens with two attached hydrogens (primary N) is 1. The van der Waals surface area contributed by atoms with Crippen LogP contribution in [-0.4, -0.2) is 24.5 Å². The van der Waals surface area contributed by atoms with E-state index in [2.05, 4.69) is 15.9 Å².